The highest BCUT2D eigenvalue weighted by Gasteiger charge is 2.23. The number of methoxy groups -OCH3 is 1. The van der Waals surface area contributed by atoms with E-state index in [9.17, 15) is 18.0 Å². The first-order valence-corrected chi connectivity index (χ1v) is 10.8. The third-order valence-electron chi connectivity index (χ3n) is 3.95. The molecule has 0 aliphatic heterocycles. The Kier molecular flexibility index (Phi) is 7.82. The number of benzene rings is 2. The molecule has 0 aliphatic rings. The van der Waals surface area contributed by atoms with Crippen molar-refractivity contribution >= 4 is 22.1 Å². The first-order chi connectivity index (χ1) is 14.1. The smallest absolute Gasteiger partial charge is 0.421 e. The molecule has 1 amide bonds. The van der Waals surface area contributed by atoms with Crippen LogP contribution in [0.5, 0.6) is 5.75 Å². The molecule has 2 rings (SSSR count). The van der Waals surface area contributed by atoms with Gasteiger partial charge in [-0.25, -0.2) is 22.7 Å². The zero-order valence-electron chi connectivity index (χ0n) is 17.2. The monoisotopic (exact) mass is 435 g/mol. The van der Waals surface area contributed by atoms with Gasteiger partial charge >= 0.3 is 12.1 Å². The number of amides is 1. The lowest BCUT2D eigenvalue weighted by atomic mass is 10.1. The molecule has 0 heterocycles. The van der Waals surface area contributed by atoms with Crippen LogP contribution in [0.3, 0.4) is 0 Å². The van der Waals surface area contributed by atoms with Crippen molar-refractivity contribution in [3.05, 3.63) is 48.5 Å². The van der Waals surface area contributed by atoms with Crippen molar-refractivity contribution in [1.82, 2.24) is 4.72 Å². The highest BCUT2D eigenvalue weighted by Crippen LogP contribution is 2.29. The summed E-state index contributed by atoms with van der Waals surface area (Å²) < 4.78 is 42.4. The maximum Gasteiger partial charge on any atom is 0.421 e. The lowest BCUT2D eigenvalue weighted by Crippen LogP contribution is -2.32. The molecular formula is C21H25NO7S. The standard InChI is InChI=1S/C21H25NO7S/c1-14(2)13-28-21(24)22-30(25,26)19-8-6-5-7-18(19)16-9-11-17(12-10-16)29-15(3)20(23)27-4/h5-12,14-15H,13H2,1-4H3,(H,22,24). The topological polar surface area (TPSA) is 108 Å². The Bertz CT molecular complexity index is 985. The molecule has 2 aromatic carbocycles. The summed E-state index contributed by atoms with van der Waals surface area (Å²) >= 11 is 0. The minimum atomic E-state index is -4.15. The molecule has 0 aliphatic carbocycles. The van der Waals surface area contributed by atoms with Crippen LogP contribution in [-0.4, -0.2) is 40.3 Å². The van der Waals surface area contributed by atoms with Crippen LogP contribution in [0, 0.1) is 5.92 Å². The van der Waals surface area contributed by atoms with Gasteiger partial charge in [-0.15, -0.1) is 0 Å². The van der Waals surface area contributed by atoms with Crippen molar-refractivity contribution in [1.29, 1.82) is 0 Å². The van der Waals surface area contributed by atoms with Gasteiger partial charge in [0.05, 0.1) is 18.6 Å². The van der Waals surface area contributed by atoms with Crippen molar-refractivity contribution in [2.24, 2.45) is 5.92 Å². The highest BCUT2D eigenvalue weighted by atomic mass is 32.2. The van der Waals surface area contributed by atoms with Crippen LogP contribution in [0.25, 0.3) is 11.1 Å². The van der Waals surface area contributed by atoms with Gasteiger partial charge in [-0.3, -0.25) is 0 Å². The first-order valence-electron chi connectivity index (χ1n) is 9.27. The van der Waals surface area contributed by atoms with Gasteiger partial charge in [0, 0.05) is 5.56 Å². The zero-order chi connectivity index (χ0) is 22.3. The van der Waals surface area contributed by atoms with E-state index in [0.717, 1.165) is 0 Å². The predicted molar refractivity (Wildman–Crippen MR) is 110 cm³/mol. The molecule has 1 atom stereocenters. The second kappa shape index (κ2) is 10.1. The van der Waals surface area contributed by atoms with Crippen molar-refractivity contribution in [3.8, 4) is 16.9 Å². The summed E-state index contributed by atoms with van der Waals surface area (Å²) in [6, 6.07) is 12.8. The zero-order valence-corrected chi connectivity index (χ0v) is 18.1. The third kappa shape index (κ3) is 6.21. The van der Waals surface area contributed by atoms with Crippen LogP contribution in [0.15, 0.2) is 53.4 Å². The number of carbonyl (C=O) groups excluding carboxylic acids is 2. The van der Waals surface area contributed by atoms with Gasteiger partial charge in [-0.05, 0) is 36.6 Å². The van der Waals surface area contributed by atoms with Crippen LogP contribution in [0.2, 0.25) is 0 Å². The molecule has 1 N–H and O–H groups in total. The maximum atomic E-state index is 12.7. The maximum absolute atomic E-state index is 12.7. The van der Waals surface area contributed by atoms with Crippen LogP contribution in [0.4, 0.5) is 4.79 Å². The first kappa shape index (κ1) is 23.2. The number of hydrogen-bond donors (Lipinski definition) is 1. The third-order valence-corrected chi connectivity index (χ3v) is 5.32. The Balaban J connectivity index is 2.24. The molecule has 30 heavy (non-hydrogen) atoms. The number of sulfonamides is 1. The van der Waals surface area contributed by atoms with E-state index in [4.69, 9.17) is 9.47 Å². The molecule has 1 unspecified atom stereocenters. The predicted octanol–water partition coefficient (Wildman–Crippen LogP) is 3.36. The van der Waals surface area contributed by atoms with Crippen molar-refractivity contribution in [2.45, 2.75) is 31.8 Å². The van der Waals surface area contributed by atoms with Crippen molar-refractivity contribution < 1.29 is 32.2 Å². The molecule has 0 bridgehead atoms. The fourth-order valence-corrected chi connectivity index (χ4v) is 3.63. The molecule has 162 valence electrons. The Morgan fingerprint density at radius 1 is 1.00 bits per heavy atom. The van der Waals surface area contributed by atoms with Gasteiger partial charge in [-0.1, -0.05) is 44.2 Å². The van der Waals surface area contributed by atoms with E-state index in [1.807, 2.05) is 18.6 Å². The Morgan fingerprint density at radius 3 is 2.23 bits per heavy atom. The number of esters is 1. The van der Waals surface area contributed by atoms with E-state index in [2.05, 4.69) is 4.74 Å². The second-order valence-electron chi connectivity index (χ2n) is 6.90. The highest BCUT2D eigenvalue weighted by molar-refractivity contribution is 7.90. The van der Waals surface area contributed by atoms with Gasteiger partial charge in [0.1, 0.15) is 5.75 Å². The van der Waals surface area contributed by atoms with Crippen LogP contribution in [0.1, 0.15) is 20.8 Å². The van der Waals surface area contributed by atoms with Crippen LogP contribution < -0.4 is 9.46 Å². The fraction of sp³-hybridized carbons (Fsp3) is 0.333. The van der Waals surface area contributed by atoms with Gasteiger partial charge in [-0.2, -0.15) is 0 Å². The fourth-order valence-electron chi connectivity index (χ4n) is 2.51. The van der Waals surface area contributed by atoms with E-state index in [1.165, 1.54) is 13.2 Å². The number of hydrogen-bond acceptors (Lipinski definition) is 7. The average molecular weight is 435 g/mol. The lowest BCUT2D eigenvalue weighted by Gasteiger charge is -2.14. The van der Waals surface area contributed by atoms with Crippen LogP contribution in [-0.2, 0) is 24.3 Å². The lowest BCUT2D eigenvalue weighted by molar-refractivity contribution is -0.147. The van der Waals surface area contributed by atoms with E-state index >= 15 is 0 Å². The minimum Gasteiger partial charge on any atom is -0.479 e. The number of carbonyl (C=O) groups is 2. The number of ether oxygens (including phenoxy) is 3. The summed E-state index contributed by atoms with van der Waals surface area (Å²) in [5.74, 6) is -0.00769. The average Bonchev–Trinajstić information content (AvgIpc) is 2.72. The second-order valence-corrected chi connectivity index (χ2v) is 8.55. The number of rotatable bonds is 8. The minimum absolute atomic E-state index is 0.0666. The molecule has 8 nitrogen and oxygen atoms in total. The molecule has 9 heteroatoms. The molecule has 0 saturated carbocycles. The van der Waals surface area contributed by atoms with Gasteiger partial charge in [0.15, 0.2) is 6.10 Å². The van der Waals surface area contributed by atoms with Crippen molar-refractivity contribution in [2.75, 3.05) is 13.7 Å². The Labute approximate surface area is 176 Å². The van der Waals surface area contributed by atoms with E-state index in [-0.39, 0.29) is 17.4 Å². The molecule has 0 aromatic heterocycles. The molecular weight excluding hydrogens is 410 g/mol. The van der Waals surface area contributed by atoms with Crippen molar-refractivity contribution in [3.63, 3.8) is 0 Å². The largest absolute Gasteiger partial charge is 0.479 e. The van der Waals surface area contributed by atoms with E-state index in [0.29, 0.717) is 16.9 Å². The van der Waals surface area contributed by atoms with E-state index < -0.39 is 28.2 Å². The summed E-state index contributed by atoms with van der Waals surface area (Å²) in [7, 11) is -2.87. The summed E-state index contributed by atoms with van der Waals surface area (Å²) in [6.07, 6.45) is -1.81. The Morgan fingerprint density at radius 2 is 1.63 bits per heavy atom. The van der Waals surface area contributed by atoms with Gasteiger partial charge in [0.25, 0.3) is 10.0 Å². The number of nitrogens with one attached hydrogen (secondary N) is 1. The quantitative estimate of drug-likeness (QED) is 0.633. The summed E-state index contributed by atoms with van der Waals surface area (Å²) in [5.41, 5.74) is 0.985. The molecule has 0 spiro atoms. The molecule has 0 saturated heterocycles. The van der Waals surface area contributed by atoms with Crippen LogP contribution >= 0.6 is 0 Å². The molecule has 0 fully saturated rings. The summed E-state index contributed by atoms with van der Waals surface area (Å²) in [5, 5.41) is 0. The normalized spacial score (nSPS) is 12.2. The summed E-state index contributed by atoms with van der Waals surface area (Å²) in [4.78, 5) is 23.3. The van der Waals surface area contributed by atoms with Gasteiger partial charge in [0.2, 0.25) is 0 Å². The molecule has 0 radical (unpaired) electrons. The Hall–Kier alpha value is -3.07. The summed E-state index contributed by atoms with van der Waals surface area (Å²) in [6.45, 7) is 5.35. The van der Waals surface area contributed by atoms with E-state index in [1.54, 1.807) is 49.4 Å². The molecule has 2 aromatic rings. The SMILES string of the molecule is COC(=O)C(C)Oc1ccc(-c2ccccc2S(=O)(=O)NC(=O)OCC(C)C)cc1. The van der Waals surface area contributed by atoms with Gasteiger partial charge < -0.3 is 14.2 Å².